The zero-order chi connectivity index (χ0) is 14.8. The summed E-state index contributed by atoms with van der Waals surface area (Å²) in [6, 6.07) is 7.32. The summed E-state index contributed by atoms with van der Waals surface area (Å²) in [4.78, 5) is 20.2. The quantitative estimate of drug-likeness (QED) is 0.900. The summed E-state index contributed by atoms with van der Waals surface area (Å²) in [7, 11) is 2.10. The molecule has 3 N–H and O–H groups in total. The molecule has 0 saturated heterocycles. The molecule has 0 unspecified atom stereocenters. The number of nitrogens with two attached hydrogens (primary N) is 1. The molecule has 1 amide bonds. The zero-order valence-corrected chi connectivity index (χ0v) is 14.0. The maximum atomic E-state index is 12.2. The van der Waals surface area contributed by atoms with Crippen molar-refractivity contribution in [2.24, 2.45) is 5.73 Å². The minimum atomic E-state index is -0.127. The van der Waals surface area contributed by atoms with Crippen LogP contribution in [0.2, 0.25) is 0 Å². The van der Waals surface area contributed by atoms with E-state index in [1.165, 1.54) is 4.88 Å². The predicted octanol–water partition coefficient (Wildman–Crippen LogP) is 2.26. The molecule has 0 aliphatic carbocycles. The van der Waals surface area contributed by atoms with Gasteiger partial charge in [0.05, 0.1) is 5.69 Å². The van der Waals surface area contributed by atoms with Gasteiger partial charge in [-0.25, -0.2) is 4.98 Å². The van der Waals surface area contributed by atoms with E-state index < -0.39 is 0 Å². The van der Waals surface area contributed by atoms with Gasteiger partial charge in [-0.15, -0.1) is 23.7 Å². The topological polar surface area (TPSA) is 71.2 Å². The Kier molecular flexibility index (Phi) is 5.52. The molecular formula is C15H19ClN4OS. The van der Waals surface area contributed by atoms with Crippen molar-refractivity contribution in [2.75, 3.05) is 18.9 Å². The van der Waals surface area contributed by atoms with Crippen molar-refractivity contribution in [3.63, 3.8) is 0 Å². The molecule has 118 valence electrons. The van der Waals surface area contributed by atoms with Gasteiger partial charge in [0.2, 0.25) is 0 Å². The summed E-state index contributed by atoms with van der Waals surface area (Å²) in [6.07, 6.45) is 0.948. The number of likely N-dealkylation sites (N-methyl/N-ethyl adjacent to an activating group) is 1. The van der Waals surface area contributed by atoms with Crippen molar-refractivity contribution in [2.45, 2.75) is 19.5 Å². The number of carbonyl (C=O) groups excluding carboxylic acids is 1. The minimum absolute atomic E-state index is 0. The van der Waals surface area contributed by atoms with Gasteiger partial charge in [-0.3, -0.25) is 10.1 Å². The molecule has 1 aromatic heterocycles. The van der Waals surface area contributed by atoms with E-state index in [2.05, 4.69) is 22.2 Å². The zero-order valence-electron chi connectivity index (χ0n) is 12.3. The van der Waals surface area contributed by atoms with Crippen molar-refractivity contribution in [1.82, 2.24) is 9.88 Å². The van der Waals surface area contributed by atoms with E-state index in [1.807, 2.05) is 12.1 Å². The normalized spacial score (nSPS) is 14.1. The SMILES string of the molecule is CN1CCc2nc(NC(=O)c3ccc(CN)cc3)sc2C1.Cl. The number of rotatable bonds is 3. The summed E-state index contributed by atoms with van der Waals surface area (Å²) >= 11 is 1.57. The van der Waals surface area contributed by atoms with E-state index >= 15 is 0 Å². The van der Waals surface area contributed by atoms with Gasteiger partial charge in [-0.1, -0.05) is 12.1 Å². The van der Waals surface area contributed by atoms with Crippen LogP contribution in [0, 0.1) is 0 Å². The number of nitrogens with one attached hydrogen (secondary N) is 1. The summed E-state index contributed by atoms with van der Waals surface area (Å²) in [6.45, 7) is 2.41. The largest absolute Gasteiger partial charge is 0.326 e. The van der Waals surface area contributed by atoms with Crippen LogP contribution in [-0.4, -0.2) is 29.4 Å². The Morgan fingerprint density at radius 1 is 1.41 bits per heavy atom. The van der Waals surface area contributed by atoms with Crippen LogP contribution < -0.4 is 11.1 Å². The van der Waals surface area contributed by atoms with Crippen molar-refractivity contribution in [3.05, 3.63) is 46.0 Å². The number of amides is 1. The number of fused-ring (bicyclic) bond motifs is 1. The molecular weight excluding hydrogens is 320 g/mol. The number of halogens is 1. The Bertz CT molecular complexity index is 656. The lowest BCUT2D eigenvalue weighted by Gasteiger charge is -2.20. The van der Waals surface area contributed by atoms with Crippen LogP contribution in [0.1, 0.15) is 26.5 Å². The highest BCUT2D eigenvalue weighted by Crippen LogP contribution is 2.27. The maximum absolute atomic E-state index is 12.2. The fourth-order valence-corrected chi connectivity index (χ4v) is 3.42. The fraction of sp³-hybridized carbons (Fsp3) is 0.333. The number of benzene rings is 1. The van der Waals surface area contributed by atoms with E-state index in [1.54, 1.807) is 23.5 Å². The van der Waals surface area contributed by atoms with E-state index in [-0.39, 0.29) is 18.3 Å². The van der Waals surface area contributed by atoms with Crippen LogP contribution in [0.5, 0.6) is 0 Å². The second-order valence-electron chi connectivity index (χ2n) is 5.23. The van der Waals surface area contributed by atoms with Gasteiger partial charge >= 0.3 is 0 Å². The van der Waals surface area contributed by atoms with Crippen molar-refractivity contribution >= 4 is 34.8 Å². The van der Waals surface area contributed by atoms with Gasteiger partial charge in [0.25, 0.3) is 5.91 Å². The molecule has 2 aromatic rings. The molecule has 1 aliphatic heterocycles. The van der Waals surface area contributed by atoms with E-state index in [9.17, 15) is 4.79 Å². The first-order chi connectivity index (χ1) is 10.2. The minimum Gasteiger partial charge on any atom is -0.326 e. The molecule has 0 radical (unpaired) electrons. The van der Waals surface area contributed by atoms with Crippen LogP contribution in [-0.2, 0) is 19.5 Å². The number of carbonyl (C=O) groups is 1. The molecule has 22 heavy (non-hydrogen) atoms. The fourth-order valence-electron chi connectivity index (χ4n) is 2.34. The third-order valence-electron chi connectivity index (χ3n) is 3.59. The van der Waals surface area contributed by atoms with Crippen molar-refractivity contribution in [1.29, 1.82) is 0 Å². The maximum Gasteiger partial charge on any atom is 0.257 e. The lowest BCUT2D eigenvalue weighted by Crippen LogP contribution is -2.25. The van der Waals surface area contributed by atoms with Crippen molar-refractivity contribution < 1.29 is 4.79 Å². The third kappa shape index (κ3) is 3.64. The third-order valence-corrected chi connectivity index (χ3v) is 4.59. The summed E-state index contributed by atoms with van der Waals surface area (Å²) in [5.74, 6) is -0.127. The Morgan fingerprint density at radius 3 is 2.82 bits per heavy atom. The molecule has 0 atom stereocenters. The molecule has 0 fully saturated rings. The number of hydrogen-bond donors (Lipinski definition) is 2. The Hall–Kier alpha value is -1.47. The van der Waals surface area contributed by atoms with Gasteiger partial charge in [0, 0.05) is 36.5 Å². The second-order valence-corrected chi connectivity index (χ2v) is 6.32. The van der Waals surface area contributed by atoms with Gasteiger partial charge in [0.1, 0.15) is 0 Å². The average Bonchev–Trinajstić information content (AvgIpc) is 2.88. The van der Waals surface area contributed by atoms with Crippen molar-refractivity contribution in [3.8, 4) is 0 Å². The molecule has 0 spiro atoms. The number of hydrogen-bond acceptors (Lipinski definition) is 5. The van der Waals surface area contributed by atoms with Gasteiger partial charge in [-0.2, -0.15) is 0 Å². The summed E-state index contributed by atoms with van der Waals surface area (Å²) in [5.41, 5.74) is 8.31. The molecule has 3 rings (SSSR count). The Morgan fingerprint density at radius 2 is 2.14 bits per heavy atom. The highest BCUT2D eigenvalue weighted by atomic mass is 35.5. The number of anilines is 1. The molecule has 7 heteroatoms. The number of aromatic nitrogens is 1. The smallest absolute Gasteiger partial charge is 0.257 e. The predicted molar refractivity (Wildman–Crippen MR) is 91.7 cm³/mol. The highest BCUT2D eigenvalue weighted by Gasteiger charge is 2.19. The molecule has 0 saturated carbocycles. The summed E-state index contributed by atoms with van der Waals surface area (Å²) < 4.78 is 0. The van der Waals surface area contributed by atoms with Crippen LogP contribution in [0.15, 0.2) is 24.3 Å². The Labute approximate surface area is 139 Å². The van der Waals surface area contributed by atoms with E-state index in [0.717, 1.165) is 30.8 Å². The van der Waals surface area contributed by atoms with Gasteiger partial charge in [-0.05, 0) is 24.7 Å². The molecule has 2 heterocycles. The Balaban J connectivity index is 0.00000176. The first-order valence-corrected chi connectivity index (χ1v) is 7.75. The first kappa shape index (κ1) is 16.9. The number of nitrogens with zero attached hydrogens (tertiary/aromatic N) is 2. The van der Waals surface area contributed by atoms with Crippen LogP contribution in [0.25, 0.3) is 0 Å². The lowest BCUT2D eigenvalue weighted by atomic mass is 10.1. The van der Waals surface area contributed by atoms with Gasteiger partial charge in [0.15, 0.2) is 5.13 Å². The second kappa shape index (κ2) is 7.19. The first-order valence-electron chi connectivity index (χ1n) is 6.93. The van der Waals surface area contributed by atoms with Crippen LogP contribution in [0.4, 0.5) is 5.13 Å². The highest BCUT2D eigenvalue weighted by molar-refractivity contribution is 7.15. The van der Waals surface area contributed by atoms with E-state index in [4.69, 9.17) is 5.73 Å². The standard InChI is InChI=1S/C15H18N4OS.ClH/c1-19-7-6-12-13(9-19)21-15(17-12)18-14(20)11-4-2-10(8-16)3-5-11;/h2-5H,6-9,16H2,1H3,(H,17,18,20);1H. The molecule has 1 aromatic carbocycles. The monoisotopic (exact) mass is 338 g/mol. The molecule has 0 bridgehead atoms. The average molecular weight is 339 g/mol. The molecule has 5 nitrogen and oxygen atoms in total. The van der Waals surface area contributed by atoms with Gasteiger partial charge < -0.3 is 10.6 Å². The number of thiazole rings is 1. The molecule has 1 aliphatic rings. The van der Waals surface area contributed by atoms with E-state index in [0.29, 0.717) is 17.2 Å². The van der Waals surface area contributed by atoms with Crippen LogP contribution in [0.3, 0.4) is 0 Å². The summed E-state index contributed by atoms with van der Waals surface area (Å²) in [5, 5.41) is 3.57. The van der Waals surface area contributed by atoms with Crippen LogP contribution >= 0.6 is 23.7 Å². The lowest BCUT2D eigenvalue weighted by molar-refractivity contribution is 0.102.